The van der Waals surface area contributed by atoms with Gasteiger partial charge in [-0.2, -0.15) is 0 Å². The number of anilines is 1. The van der Waals surface area contributed by atoms with E-state index in [0.717, 1.165) is 43.9 Å². The molecule has 138 valence electrons. The second-order valence-electron chi connectivity index (χ2n) is 6.85. The van der Waals surface area contributed by atoms with Crippen LogP contribution in [0.3, 0.4) is 0 Å². The first-order chi connectivity index (χ1) is 12.5. The fourth-order valence-corrected chi connectivity index (χ4v) is 3.39. The van der Waals surface area contributed by atoms with E-state index in [-0.39, 0.29) is 5.91 Å². The van der Waals surface area contributed by atoms with Gasteiger partial charge in [0.15, 0.2) is 0 Å². The quantitative estimate of drug-likeness (QED) is 0.902. The van der Waals surface area contributed by atoms with Crippen molar-refractivity contribution in [3.8, 4) is 0 Å². The fourth-order valence-electron chi connectivity index (χ4n) is 3.39. The third kappa shape index (κ3) is 4.54. The first-order valence-electron chi connectivity index (χ1n) is 9.03. The number of aryl methyl sites for hydroxylation is 1. The third-order valence-corrected chi connectivity index (χ3v) is 4.83. The summed E-state index contributed by atoms with van der Waals surface area (Å²) >= 11 is 0. The van der Waals surface area contributed by atoms with Gasteiger partial charge in [0.1, 0.15) is 17.3 Å². The highest BCUT2D eigenvalue weighted by atomic mass is 16.2. The van der Waals surface area contributed by atoms with Crippen molar-refractivity contribution >= 4 is 11.7 Å². The van der Waals surface area contributed by atoms with Crippen LogP contribution in [0.2, 0.25) is 0 Å². The molecular formula is C19H26N6O. The molecule has 7 heteroatoms. The maximum absolute atomic E-state index is 12.7. The van der Waals surface area contributed by atoms with E-state index in [0.29, 0.717) is 24.1 Å². The molecule has 7 nitrogen and oxygen atoms in total. The van der Waals surface area contributed by atoms with Crippen molar-refractivity contribution in [1.82, 2.24) is 24.8 Å². The molecule has 2 aromatic heterocycles. The van der Waals surface area contributed by atoms with E-state index in [1.165, 1.54) is 0 Å². The lowest BCUT2D eigenvalue weighted by Gasteiger charge is -2.26. The molecule has 2 N–H and O–H groups in total. The number of nitrogen functional groups attached to an aromatic ring is 1. The van der Waals surface area contributed by atoms with Gasteiger partial charge in [0.25, 0.3) is 5.91 Å². The number of amides is 1. The number of likely N-dealkylation sites (tertiary alicyclic amines) is 1. The van der Waals surface area contributed by atoms with Gasteiger partial charge in [-0.1, -0.05) is 6.07 Å². The van der Waals surface area contributed by atoms with Gasteiger partial charge in [0, 0.05) is 31.0 Å². The first kappa shape index (κ1) is 18.3. The number of hydrogen-bond acceptors (Lipinski definition) is 6. The summed E-state index contributed by atoms with van der Waals surface area (Å²) in [7, 11) is 2.08. The summed E-state index contributed by atoms with van der Waals surface area (Å²) in [6.07, 6.45) is 4.64. The number of carbonyl (C=O) groups excluding carboxylic acids is 1. The van der Waals surface area contributed by atoms with Crippen LogP contribution in [0.4, 0.5) is 5.82 Å². The first-order valence-corrected chi connectivity index (χ1v) is 9.03. The monoisotopic (exact) mass is 354 g/mol. The molecule has 1 saturated heterocycles. The molecule has 0 radical (unpaired) electrons. The van der Waals surface area contributed by atoms with Crippen LogP contribution in [0.1, 0.15) is 41.3 Å². The van der Waals surface area contributed by atoms with Crippen molar-refractivity contribution < 1.29 is 4.79 Å². The summed E-state index contributed by atoms with van der Waals surface area (Å²) in [6.45, 7) is 4.07. The molecule has 1 amide bonds. The van der Waals surface area contributed by atoms with Gasteiger partial charge in [0.05, 0.1) is 6.54 Å². The van der Waals surface area contributed by atoms with Gasteiger partial charge in [-0.15, -0.1) is 0 Å². The number of nitrogens with two attached hydrogens (primary N) is 1. The van der Waals surface area contributed by atoms with E-state index in [1.807, 2.05) is 24.0 Å². The Labute approximate surface area is 154 Å². The highest BCUT2D eigenvalue weighted by molar-refractivity contribution is 5.92. The maximum atomic E-state index is 12.7. The average molecular weight is 354 g/mol. The topological polar surface area (TPSA) is 88.2 Å². The minimum Gasteiger partial charge on any atom is -0.384 e. The van der Waals surface area contributed by atoms with Crippen LogP contribution in [-0.2, 0) is 6.54 Å². The van der Waals surface area contributed by atoms with Crippen LogP contribution in [0.5, 0.6) is 0 Å². The van der Waals surface area contributed by atoms with Gasteiger partial charge in [-0.3, -0.25) is 9.69 Å². The largest absolute Gasteiger partial charge is 0.384 e. The lowest BCUT2D eigenvalue weighted by Crippen LogP contribution is -2.35. The third-order valence-electron chi connectivity index (χ3n) is 4.83. The maximum Gasteiger partial charge on any atom is 0.272 e. The molecule has 0 spiro atoms. The van der Waals surface area contributed by atoms with Crippen molar-refractivity contribution in [3.63, 3.8) is 0 Å². The molecule has 26 heavy (non-hydrogen) atoms. The normalized spacial score (nSPS) is 18.0. The molecule has 1 aliphatic heterocycles. The molecule has 3 heterocycles. The van der Waals surface area contributed by atoms with Crippen molar-refractivity contribution in [3.05, 3.63) is 47.7 Å². The van der Waals surface area contributed by atoms with E-state index < -0.39 is 0 Å². The number of pyridine rings is 1. The van der Waals surface area contributed by atoms with Crippen LogP contribution < -0.4 is 5.73 Å². The molecule has 0 saturated carbocycles. The molecule has 2 aromatic rings. The van der Waals surface area contributed by atoms with Crippen molar-refractivity contribution in [1.29, 1.82) is 0 Å². The molecule has 1 atom stereocenters. The Morgan fingerprint density at radius 1 is 1.27 bits per heavy atom. The van der Waals surface area contributed by atoms with Gasteiger partial charge >= 0.3 is 0 Å². The molecular weight excluding hydrogens is 328 g/mol. The van der Waals surface area contributed by atoms with Crippen LogP contribution >= 0.6 is 0 Å². The van der Waals surface area contributed by atoms with Gasteiger partial charge in [-0.25, -0.2) is 15.0 Å². The Balaban J connectivity index is 1.60. The molecule has 3 rings (SSSR count). The molecule has 0 unspecified atom stereocenters. The lowest BCUT2D eigenvalue weighted by molar-refractivity contribution is 0.0751. The minimum atomic E-state index is 0.0242. The minimum absolute atomic E-state index is 0.0242. The van der Waals surface area contributed by atoms with Crippen LogP contribution in [0.25, 0.3) is 0 Å². The zero-order valence-electron chi connectivity index (χ0n) is 15.4. The van der Waals surface area contributed by atoms with Crippen LogP contribution in [0, 0.1) is 6.92 Å². The van der Waals surface area contributed by atoms with Gasteiger partial charge in [-0.05, 0) is 51.4 Å². The fraction of sp³-hybridized carbons (Fsp3) is 0.474. The van der Waals surface area contributed by atoms with Gasteiger partial charge < -0.3 is 10.6 Å². The highest BCUT2D eigenvalue weighted by Crippen LogP contribution is 2.18. The Hall–Kier alpha value is -2.54. The van der Waals surface area contributed by atoms with E-state index in [9.17, 15) is 4.79 Å². The second kappa shape index (κ2) is 8.23. The Kier molecular flexibility index (Phi) is 5.78. The number of nitrogens with zero attached hydrogens (tertiary/aromatic N) is 5. The molecule has 0 aliphatic carbocycles. The summed E-state index contributed by atoms with van der Waals surface area (Å²) < 4.78 is 0. The van der Waals surface area contributed by atoms with Crippen molar-refractivity contribution in [2.75, 3.05) is 25.9 Å². The van der Waals surface area contributed by atoms with Crippen molar-refractivity contribution in [2.45, 2.75) is 38.8 Å². The average Bonchev–Trinajstić information content (AvgIpc) is 2.87. The zero-order valence-corrected chi connectivity index (χ0v) is 15.4. The summed E-state index contributed by atoms with van der Waals surface area (Å²) in [5.41, 5.74) is 7.13. The van der Waals surface area contributed by atoms with Crippen molar-refractivity contribution in [2.24, 2.45) is 0 Å². The Morgan fingerprint density at radius 3 is 2.88 bits per heavy atom. The summed E-state index contributed by atoms with van der Waals surface area (Å²) in [5, 5.41) is 0. The second-order valence-corrected chi connectivity index (χ2v) is 6.85. The Bertz CT molecular complexity index is 765. The molecule has 0 aromatic carbocycles. The number of carbonyl (C=O) groups is 1. The number of rotatable bonds is 4. The number of aromatic nitrogens is 3. The van der Waals surface area contributed by atoms with E-state index in [2.05, 4.69) is 26.9 Å². The summed E-state index contributed by atoms with van der Waals surface area (Å²) in [4.78, 5) is 29.8. The van der Waals surface area contributed by atoms with Gasteiger partial charge in [0.2, 0.25) is 0 Å². The van der Waals surface area contributed by atoms with Crippen LogP contribution in [0.15, 0.2) is 30.5 Å². The lowest BCUT2D eigenvalue weighted by atomic mass is 10.1. The predicted molar refractivity (Wildman–Crippen MR) is 100 cm³/mol. The predicted octanol–water partition coefficient (Wildman–Crippen LogP) is 1.89. The molecule has 1 fully saturated rings. The summed E-state index contributed by atoms with van der Waals surface area (Å²) in [6, 6.07) is 7.67. The zero-order chi connectivity index (χ0) is 18.5. The molecule has 1 aliphatic rings. The van der Waals surface area contributed by atoms with E-state index >= 15 is 0 Å². The standard InChI is InChI=1S/C19H26N6O/c1-14-5-3-7-16(22-14)19(26)25-11-4-6-15(9-12-25)24(2)13-18-21-10-8-17(20)23-18/h3,5,7-8,10,15H,4,6,9,11-13H2,1-2H3,(H2,20,21,23)/t15-/m1/s1. The SMILES string of the molecule is Cc1cccc(C(=O)N2CCC[C@@H](N(C)Cc3nccc(N)n3)CC2)n1. The van der Waals surface area contributed by atoms with Crippen LogP contribution in [-0.4, -0.2) is 56.8 Å². The number of hydrogen-bond donors (Lipinski definition) is 1. The Morgan fingerprint density at radius 2 is 2.12 bits per heavy atom. The highest BCUT2D eigenvalue weighted by Gasteiger charge is 2.24. The smallest absolute Gasteiger partial charge is 0.272 e. The van der Waals surface area contributed by atoms with E-state index in [1.54, 1.807) is 18.3 Å². The summed E-state index contributed by atoms with van der Waals surface area (Å²) in [5.74, 6) is 1.25. The molecule has 0 bridgehead atoms. The van der Waals surface area contributed by atoms with E-state index in [4.69, 9.17) is 5.73 Å².